The maximum Gasteiger partial charge on any atom is 0.253 e. The fourth-order valence-electron chi connectivity index (χ4n) is 4.40. The quantitative estimate of drug-likeness (QED) is 0.752. The summed E-state index contributed by atoms with van der Waals surface area (Å²) >= 11 is 0. The molecule has 1 atom stereocenters. The highest BCUT2D eigenvalue weighted by Gasteiger charge is 2.62. The van der Waals surface area contributed by atoms with Crippen molar-refractivity contribution in [1.82, 2.24) is 9.88 Å². The number of likely N-dealkylation sites (tertiary alicyclic amines) is 1. The molecule has 1 amide bonds. The number of ether oxygens (including phenoxy) is 1. The number of rotatable bonds is 5. The Morgan fingerprint density at radius 2 is 1.97 bits per heavy atom. The van der Waals surface area contributed by atoms with E-state index < -0.39 is 14.6 Å². The van der Waals surface area contributed by atoms with Crippen LogP contribution in [0.5, 0.6) is 0 Å². The van der Waals surface area contributed by atoms with Crippen LogP contribution in [0.25, 0.3) is 0 Å². The minimum absolute atomic E-state index is 0.0983. The zero-order chi connectivity index (χ0) is 20.6. The lowest BCUT2D eigenvalue weighted by atomic mass is 9.83. The SMILES string of the molecule is Cc1cccc(C(=O)N2CC3(C2)[C@H](COCc2cccc(C)n2)CCS3(=O)=O)c1. The van der Waals surface area contributed by atoms with E-state index in [1.807, 2.05) is 50.2 Å². The van der Waals surface area contributed by atoms with E-state index in [0.717, 1.165) is 17.0 Å². The topological polar surface area (TPSA) is 76.6 Å². The van der Waals surface area contributed by atoms with Crippen LogP contribution >= 0.6 is 0 Å². The number of aromatic nitrogens is 1. The van der Waals surface area contributed by atoms with Gasteiger partial charge < -0.3 is 9.64 Å². The second kappa shape index (κ2) is 7.54. The van der Waals surface area contributed by atoms with E-state index in [1.165, 1.54) is 0 Å². The smallest absolute Gasteiger partial charge is 0.253 e. The average molecular weight is 415 g/mol. The van der Waals surface area contributed by atoms with E-state index in [2.05, 4.69) is 4.98 Å². The molecule has 0 aliphatic carbocycles. The van der Waals surface area contributed by atoms with Crippen molar-refractivity contribution in [3.05, 3.63) is 65.0 Å². The van der Waals surface area contributed by atoms with Crippen LogP contribution in [0.2, 0.25) is 0 Å². The molecule has 4 rings (SSSR count). The summed E-state index contributed by atoms with van der Waals surface area (Å²) in [7, 11) is -3.25. The standard InChI is InChI=1S/C22H26N2O4S/c1-16-5-3-7-18(11-16)21(25)24-14-22(15-24)19(9-10-29(22,26)27)12-28-13-20-8-4-6-17(2)23-20/h3-8,11,19H,9-10,12-15H2,1-2H3/t19-/m0/s1. The van der Waals surface area contributed by atoms with Gasteiger partial charge in [-0.3, -0.25) is 9.78 Å². The van der Waals surface area contributed by atoms with Crippen molar-refractivity contribution in [3.8, 4) is 0 Å². The van der Waals surface area contributed by atoms with Gasteiger partial charge in [-0.2, -0.15) is 0 Å². The fourth-order valence-corrected chi connectivity index (χ4v) is 6.80. The normalized spacial score (nSPS) is 21.9. The molecule has 2 aliphatic rings. The van der Waals surface area contributed by atoms with Crippen LogP contribution in [0, 0.1) is 19.8 Å². The molecule has 1 aromatic carbocycles. The van der Waals surface area contributed by atoms with Gasteiger partial charge in [0, 0.05) is 30.3 Å². The van der Waals surface area contributed by atoms with Crippen LogP contribution < -0.4 is 0 Å². The van der Waals surface area contributed by atoms with Crippen molar-refractivity contribution in [2.75, 3.05) is 25.4 Å². The van der Waals surface area contributed by atoms with Crippen LogP contribution in [-0.4, -0.2) is 54.4 Å². The fraction of sp³-hybridized carbons (Fsp3) is 0.455. The highest BCUT2D eigenvalue weighted by atomic mass is 32.2. The summed E-state index contributed by atoms with van der Waals surface area (Å²) in [5.74, 6) is -0.0418. The van der Waals surface area contributed by atoms with Gasteiger partial charge in [-0.05, 0) is 44.5 Å². The first kappa shape index (κ1) is 20.0. The van der Waals surface area contributed by atoms with Crippen LogP contribution in [0.1, 0.15) is 33.7 Å². The third-order valence-electron chi connectivity index (χ3n) is 6.08. The monoisotopic (exact) mass is 414 g/mol. The Kier molecular flexibility index (Phi) is 5.21. The molecule has 2 fully saturated rings. The molecule has 0 unspecified atom stereocenters. The number of pyridine rings is 1. The molecule has 1 aromatic heterocycles. The number of amides is 1. The number of sulfone groups is 1. The van der Waals surface area contributed by atoms with Crippen LogP contribution in [0.4, 0.5) is 0 Å². The molecule has 6 nitrogen and oxygen atoms in total. The van der Waals surface area contributed by atoms with Gasteiger partial charge in [-0.1, -0.05) is 23.8 Å². The number of aryl methyl sites for hydroxylation is 2. The van der Waals surface area contributed by atoms with E-state index in [-0.39, 0.29) is 30.7 Å². The molecule has 2 aliphatic heterocycles. The molecule has 1 spiro atoms. The number of carbonyl (C=O) groups is 1. The Labute approximate surface area is 171 Å². The molecule has 0 N–H and O–H groups in total. The van der Waals surface area contributed by atoms with E-state index in [1.54, 1.807) is 11.0 Å². The number of carbonyl (C=O) groups excluding carboxylic acids is 1. The van der Waals surface area contributed by atoms with Crippen LogP contribution in [0.15, 0.2) is 42.5 Å². The molecule has 3 heterocycles. The van der Waals surface area contributed by atoms with Gasteiger partial charge >= 0.3 is 0 Å². The number of hydrogen-bond acceptors (Lipinski definition) is 5. The molecule has 0 radical (unpaired) electrons. The maximum absolute atomic E-state index is 12.8. The molecule has 154 valence electrons. The number of hydrogen-bond donors (Lipinski definition) is 0. The summed E-state index contributed by atoms with van der Waals surface area (Å²) in [6, 6.07) is 13.2. The third kappa shape index (κ3) is 3.69. The summed E-state index contributed by atoms with van der Waals surface area (Å²) in [5.41, 5.74) is 3.38. The van der Waals surface area contributed by atoms with E-state index >= 15 is 0 Å². The average Bonchev–Trinajstić information content (AvgIpc) is 2.90. The summed E-state index contributed by atoms with van der Waals surface area (Å²) in [5, 5.41) is 0. The van der Waals surface area contributed by atoms with Gasteiger partial charge in [0.25, 0.3) is 5.91 Å². The van der Waals surface area contributed by atoms with Gasteiger partial charge in [-0.15, -0.1) is 0 Å². The third-order valence-corrected chi connectivity index (χ3v) is 8.69. The maximum atomic E-state index is 12.8. The van der Waals surface area contributed by atoms with Crippen LogP contribution in [-0.2, 0) is 21.2 Å². The Bertz CT molecular complexity index is 1030. The molecule has 2 aromatic rings. The minimum Gasteiger partial charge on any atom is -0.375 e. The summed E-state index contributed by atoms with van der Waals surface area (Å²) in [4.78, 5) is 18.8. The summed E-state index contributed by atoms with van der Waals surface area (Å²) in [6.45, 7) is 5.09. The van der Waals surface area contributed by atoms with Crippen molar-refractivity contribution in [3.63, 3.8) is 0 Å². The van der Waals surface area contributed by atoms with Crippen molar-refractivity contribution in [2.24, 2.45) is 5.92 Å². The Balaban J connectivity index is 1.42. The van der Waals surface area contributed by atoms with E-state index in [0.29, 0.717) is 25.2 Å². The van der Waals surface area contributed by atoms with Crippen molar-refractivity contribution < 1.29 is 17.9 Å². The Morgan fingerprint density at radius 3 is 2.69 bits per heavy atom. The lowest BCUT2D eigenvalue weighted by Gasteiger charge is -2.49. The predicted octanol–water partition coefficient (Wildman–Crippen LogP) is 2.54. The minimum atomic E-state index is -3.25. The van der Waals surface area contributed by atoms with Crippen molar-refractivity contribution >= 4 is 15.7 Å². The largest absolute Gasteiger partial charge is 0.375 e. The molecular weight excluding hydrogens is 388 g/mol. The van der Waals surface area contributed by atoms with Gasteiger partial charge in [0.1, 0.15) is 4.75 Å². The molecule has 2 saturated heterocycles. The Hall–Kier alpha value is -2.25. The van der Waals surface area contributed by atoms with Gasteiger partial charge in [0.2, 0.25) is 0 Å². The summed E-state index contributed by atoms with van der Waals surface area (Å²) in [6.07, 6.45) is 0.579. The molecule has 29 heavy (non-hydrogen) atoms. The van der Waals surface area contributed by atoms with Gasteiger partial charge in [-0.25, -0.2) is 8.42 Å². The first-order valence-electron chi connectivity index (χ1n) is 9.89. The first-order valence-corrected chi connectivity index (χ1v) is 11.5. The van der Waals surface area contributed by atoms with Crippen LogP contribution in [0.3, 0.4) is 0 Å². The second-order valence-corrected chi connectivity index (χ2v) is 10.6. The number of benzene rings is 1. The second-order valence-electron chi connectivity index (χ2n) is 8.19. The molecule has 7 heteroatoms. The van der Waals surface area contributed by atoms with Gasteiger partial charge in [0.15, 0.2) is 9.84 Å². The van der Waals surface area contributed by atoms with E-state index in [4.69, 9.17) is 4.74 Å². The lowest BCUT2D eigenvalue weighted by molar-refractivity contribution is 0.0204. The van der Waals surface area contributed by atoms with Crippen molar-refractivity contribution in [2.45, 2.75) is 31.6 Å². The summed E-state index contributed by atoms with van der Waals surface area (Å²) < 4.78 is 30.6. The molecule has 0 saturated carbocycles. The Morgan fingerprint density at radius 1 is 1.21 bits per heavy atom. The van der Waals surface area contributed by atoms with E-state index in [9.17, 15) is 13.2 Å². The molecular formula is C22H26N2O4S. The highest BCUT2D eigenvalue weighted by molar-refractivity contribution is 7.93. The number of nitrogens with zero attached hydrogens (tertiary/aromatic N) is 2. The highest BCUT2D eigenvalue weighted by Crippen LogP contribution is 2.45. The molecule has 0 bridgehead atoms. The van der Waals surface area contributed by atoms with Crippen molar-refractivity contribution in [1.29, 1.82) is 0 Å². The first-order chi connectivity index (χ1) is 13.8. The predicted molar refractivity (Wildman–Crippen MR) is 110 cm³/mol. The lowest BCUT2D eigenvalue weighted by Crippen LogP contribution is -2.68. The zero-order valence-corrected chi connectivity index (χ0v) is 17.6. The van der Waals surface area contributed by atoms with Gasteiger partial charge in [0.05, 0.1) is 24.7 Å². The zero-order valence-electron chi connectivity index (χ0n) is 16.8.